The van der Waals surface area contributed by atoms with Gasteiger partial charge in [-0.2, -0.15) is 0 Å². The summed E-state index contributed by atoms with van der Waals surface area (Å²) in [6.45, 7) is 6.92. The maximum atomic E-state index is 13.4. The first-order valence-corrected chi connectivity index (χ1v) is 11.1. The van der Waals surface area contributed by atoms with Crippen LogP contribution in [0, 0.1) is 11.2 Å². The van der Waals surface area contributed by atoms with Gasteiger partial charge >= 0.3 is 6.09 Å². The van der Waals surface area contributed by atoms with Crippen LogP contribution in [0.3, 0.4) is 0 Å². The van der Waals surface area contributed by atoms with E-state index in [1.807, 2.05) is 20.8 Å². The maximum absolute atomic E-state index is 13.4. The van der Waals surface area contributed by atoms with Gasteiger partial charge in [0.25, 0.3) is 5.91 Å². The number of nitrogens with zero attached hydrogens (tertiary/aromatic N) is 3. The first-order chi connectivity index (χ1) is 15.0. The van der Waals surface area contributed by atoms with Crippen LogP contribution >= 0.6 is 11.6 Å². The molecule has 1 saturated heterocycles. The van der Waals surface area contributed by atoms with Crippen molar-refractivity contribution < 1.29 is 18.7 Å². The minimum Gasteiger partial charge on any atom is -0.444 e. The quantitative estimate of drug-likeness (QED) is 0.698. The summed E-state index contributed by atoms with van der Waals surface area (Å²) >= 11 is 5.83. The molecule has 172 valence electrons. The highest BCUT2D eigenvalue weighted by Crippen LogP contribution is 2.52. The molecule has 1 atom stereocenters. The SMILES string of the molecule is Cn1cnc(C2CCC3(C2)CN(C(=O)OC(C)(C)C)C3)c1C(=O)Nc1ccc(F)c(Cl)c1. The second kappa shape index (κ2) is 8.06. The number of ether oxygens (including phenoxy) is 1. The maximum Gasteiger partial charge on any atom is 0.410 e. The average molecular weight is 463 g/mol. The molecule has 1 N–H and O–H groups in total. The zero-order chi connectivity index (χ0) is 23.3. The summed E-state index contributed by atoms with van der Waals surface area (Å²) in [5, 5.41) is 2.74. The van der Waals surface area contributed by atoms with Gasteiger partial charge in [-0.05, 0) is 58.2 Å². The van der Waals surface area contributed by atoms with Crippen LogP contribution in [-0.2, 0) is 11.8 Å². The highest BCUT2D eigenvalue weighted by atomic mass is 35.5. The van der Waals surface area contributed by atoms with Gasteiger partial charge in [0.1, 0.15) is 17.1 Å². The lowest BCUT2D eigenvalue weighted by molar-refractivity contribution is -0.0323. The van der Waals surface area contributed by atoms with Gasteiger partial charge in [-0.25, -0.2) is 14.2 Å². The van der Waals surface area contributed by atoms with Gasteiger partial charge in [-0.1, -0.05) is 11.6 Å². The van der Waals surface area contributed by atoms with E-state index in [4.69, 9.17) is 16.3 Å². The fourth-order valence-electron chi connectivity index (χ4n) is 4.73. The van der Waals surface area contributed by atoms with E-state index in [2.05, 4.69) is 10.3 Å². The van der Waals surface area contributed by atoms with Crippen molar-refractivity contribution in [2.45, 2.75) is 51.6 Å². The number of hydrogen-bond acceptors (Lipinski definition) is 4. The van der Waals surface area contributed by atoms with E-state index in [0.717, 1.165) is 25.0 Å². The number of likely N-dealkylation sites (tertiary alicyclic amines) is 1. The number of imidazole rings is 1. The number of aromatic nitrogens is 2. The van der Waals surface area contributed by atoms with E-state index >= 15 is 0 Å². The monoisotopic (exact) mass is 462 g/mol. The number of anilines is 1. The predicted octanol–water partition coefficient (Wildman–Crippen LogP) is 4.97. The first-order valence-electron chi connectivity index (χ1n) is 10.7. The molecule has 0 bridgehead atoms. The Bertz CT molecular complexity index is 1060. The molecule has 1 aromatic heterocycles. The van der Waals surface area contributed by atoms with Crippen molar-refractivity contribution >= 4 is 29.3 Å². The van der Waals surface area contributed by atoms with Gasteiger partial charge in [0.05, 0.1) is 17.0 Å². The lowest BCUT2D eigenvalue weighted by Gasteiger charge is -2.48. The van der Waals surface area contributed by atoms with Gasteiger partial charge in [-0.15, -0.1) is 0 Å². The van der Waals surface area contributed by atoms with Crippen LogP contribution in [0.2, 0.25) is 5.02 Å². The molecule has 2 aliphatic rings. The number of aryl methyl sites for hydroxylation is 1. The molecule has 1 spiro atoms. The largest absolute Gasteiger partial charge is 0.444 e. The van der Waals surface area contributed by atoms with E-state index in [1.165, 1.54) is 18.2 Å². The second-order valence-corrected chi connectivity index (χ2v) is 10.4. The van der Waals surface area contributed by atoms with Gasteiger partial charge < -0.3 is 19.5 Å². The summed E-state index contributed by atoms with van der Waals surface area (Å²) in [5.41, 5.74) is 1.20. The fourth-order valence-corrected chi connectivity index (χ4v) is 4.92. The van der Waals surface area contributed by atoms with Crippen LogP contribution < -0.4 is 5.32 Å². The molecule has 2 amide bonds. The zero-order valence-corrected chi connectivity index (χ0v) is 19.5. The summed E-state index contributed by atoms with van der Waals surface area (Å²) in [4.78, 5) is 31.6. The van der Waals surface area contributed by atoms with E-state index < -0.39 is 11.4 Å². The number of hydrogen-bond donors (Lipinski definition) is 1. The number of benzene rings is 1. The van der Waals surface area contributed by atoms with Gasteiger partial charge in [0.15, 0.2) is 0 Å². The Balaban J connectivity index is 1.43. The molecule has 1 unspecified atom stereocenters. The van der Waals surface area contributed by atoms with Crippen LogP contribution in [0.4, 0.5) is 14.9 Å². The summed E-state index contributed by atoms with van der Waals surface area (Å²) in [5.74, 6) is -0.717. The van der Waals surface area contributed by atoms with E-state index in [1.54, 1.807) is 22.8 Å². The summed E-state index contributed by atoms with van der Waals surface area (Å²) < 4.78 is 20.6. The molecule has 4 rings (SSSR count). The number of amides is 2. The third-order valence-electron chi connectivity index (χ3n) is 6.15. The Labute approximate surface area is 191 Å². The van der Waals surface area contributed by atoms with Crippen molar-refractivity contribution in [3.05, 3.63) is 46.8 Å². The van der Waals surface area contributed by atoms with Crippen LogP contribution in [0.1, 0.15) is 62.1 Å². The molecule has 1 aromatic carbocycles. The van der Waals surface area contributed by atoms with Crippen LogP contribution in [-0.4, -0.2) is 45.1 Å². The topological polar surface area (TPSA) is 76.5 Å². The molecule has 1 aliphatic heterocycles. The summed E-state index contributed by atoms with van der Waals surface area (Å²) in [7, 11) is 1.78. The Hall–Kier alpha value is -2.61. The molecule has 2 aromatic rings. The molecule has 2 heterocycles. The molecule has 0 radical (unpaired) electrons. The number of nitrogens with one attached hydrogen (secondary N) is 1. The molecule has 2 fully saturated rings. The average Bonchev–Trinajstić information content (AvgIpc) is 3.26. The highest BCUT2D eigenvalue weighted by Gasteiger charge is 2.51. The molecular formula is C23H28ClFN4O3. The standard InChI is InChI=1S/C23H28ClFN4O3/c1-22(2,3)32-21(31)29-11-23(12-29)8-7-14(10-23)18-19(28(4)13-26-18)20(30)27-15-5-6-17(25)16(24)9-15/h5-6,9,13-14H,7-8,10-12H2,1-4H3,(H,27,30). The van der Waals surface area contributed by atoms with E-state index in [0.29, 0.717) is 24.5 Å². The lowest BCUT2D eigenvalue weighted by atomic mass is 9.77. The molecule has 1 saturated carbocycles. The molecule has 32 heavy (non-hydrogen) atoms. The minimum atomic E-state index is -0.539. The van der Waals surface area contributed by atoms with Gasteiger partial charge in [0, 0.05) is 37.2 Å². The second-order valence-electron chi connectivity index (χ2n) is 9.95. The first kappa shape index (κ1) is 22.6. The molecule has 9 heteroatoms. The summed E-state index contributed by atoms with van der Waals surface area (Å²) in [6.07, 6.45) is 4.11. The number of carbonyl (C=O) groups excluding carboxylic acids is 2. The van der Waals surface area contributed by atoms with Crippen molar-refractivity contribution in [3.63, 3.8) is 0 Å². The Morgan fingerprint density at radius 3 is 2.69 bits per heavy atom. The number of rotatable bonds is 3. The van der Waals surface area contributed by atoms with Crippen molar-refractivity contribution in [1.29, 1.82) is 0 Å². The minimum absolute atomic E-state index is 0.0507. The van der Waals surface area contributed by atoms with Crippen LogP contribution in [0.15, 0.2) is 24.5 Å². The molecule has 7 nitrogen and oxygen atoms in total. The Morgan fingerprint density at radius 1 is 1.31 bits per heavy atom. The highest BCUT2D eigenvalue weighted by molar-refractivity contribution is 6.31. The van der Waals surface area contributed by atoms with Crippen molar-refractivity contribution in [2.24, 2.45) is 12.5 Å². The van der Waals surface area contributed by atoms with Gasteiger partial charge in [0.2, 0.25) is 0 Å². The molecule has 1 aliphatic carbocycles. The fraction of sp³-hybridized carbons (Fsp3) is 0.522. The third-order valence-corrected chi connectivity index (χ3v) is 6.44. The van der Waals surface area contributed by atoms with Crippen molar-refractivity contribution in [2.75, 3.05) is 18.4 Å². The Morgan fingerprint density at radius 2 is 2.03 bits per heavy atom. The smallest absolute Gasteiger partial charge is 0.410 e. The molecular weight excluding hydrogens is 435 g/mol. The summed E-state index contributed by atoms with van der Waals surface area (Å²) in [6, 6.07) is 4.07. The van der Waals surface area contributed by atoms with E-state index in [9.17, 15) is 14.0 Å². The van der Waals surface area contributed by atoms with Crippen molar-refractivity contribution in [1.82, 2.24) is 14.5 Å². The number of halogens is 2. The third kappa shape index (κ3) is 4.46. The number of carbonyl (C=O) groups is 2. The predicted molar refractivity (Wildman–Crippen MR) is 119 cm³/mol. The van der Waals surface area contributed by atoms with Crippen molar-refractivity contribution in [3.8, 4) is 0 Å². The van der Waals surface area contributed by atoms with E-state index in [-0.39, 0.29) is 28.4 Å². The Kier molecular flexibility index (Phi) is 5.69. The van der Waals surface area contributed by atoms with Gasteiger partial charge in [-0.3, -0.25) is 4.79 Å². The normalized spacial score (nSPS) is 19.7. The van der Waals surface area contributed by atoms with Crippen LogP contribution in [0.5, 0.6) is 0 Å². The lowest BCUT2D eigenvalue weighted by Crippen LogP contribution is -2.58. The van der Waals surface area contributed by atoms with Crippen LogP contribution in [0.25, 0.3) is 0 Å². The zero-order valence-electron chi connectivity index (χ0n) is 18.7.